The summed E-state index contributed by atoms with van der Waals surface area (Å²) in [5.74, 6) is 0.950. The second kappa shape index (κ2) is 4.71. The van der Waals surface area contributed by atoms with Gasteiger partial charge in [-0.05, 0) is 37.1 Å². The van der Waals surface area contributed by atoms with E-state index in [1.165, 1.54) is 25.7 Å². The minimum atomic E-state index is 0.506. The zero-order valence-electron chi connectivity index (χ0n) is 11.2. The van der Waals surface area contributed by atoms with Gasteiger partial charge in [0.25, 0.3) is 0 Å². The number of hydrogen-bond donors (Lipinski definition) is 0. The lowest BCUT2D eigenvalue weighted by atomic mass is 10.2. The van der Waals surface area contributed by atoms with Crippen LogP contribution >= 0.6 is 0 Å². The van der Waals surface area contributed by atoms with Crippen molar-refractivity contribution < 1.29 is 0 Å². The van der Waals surface area contributed by atoms with Crippen LogP contribution in [-0.2, 0) is 0 Å². The zero-order valence-corrected chi connectivity index (χ0v) is 11.2. The van der Waals surface area contributed by atoms with E-state index in [9.17, 15) is 0 Å². The van der Waals surface area contributed by atoms with Crippen LogP contribution in [0.5, 0.6) is 0 Å². The van der Waals surface area contributed by atoms with E-state index in [2.05, 4.69) is 14.5 Å². The average Bonchev–Trinajstić information content (AvgIpc) is 3.14. The van der Waals surface area contributed by atoms with E-state index in [1.54, 1.807) is 0 Å². The maximum atomic E-state index is 4.77. The van der Waals surface area contributed by atoms with Crippen molar-refractivity contribution >= 4 is 11.2 Å². The van der Waals surface area contributed by atoms with Crippen molar-refractivity contribution in [1.82, 2.24) is 19.5 Å². The Kier molecular flexibility index (Phi) is 2.73. The van der Waals surface area contributed by atoms with Crippen LogP contribution in [0.3, 0.4) is 0 Å². The molecular weight excluding hydrogens is 248 g/mol. The smallest absolute Gasteiger partial charge is 0.161 e. The zero-order chi connectivity index (χ0) is 13.4. The van der Waals surface area contributed by atoms with Crippen molar-refractivity contribution in [2.24, 2.45) is 0 Å². The van der Waals surface area contributed by atoms with Crippen molar-refractivity contribution in [2.45, 2.75) is 31.7 Å². The van der Waals surface area contributed by atoms with Crippen LogP contribution in [-0.4, -0.2) is 19.5 Å². The van der Waals surface area contributed by atoms with Gasteiger partial charge in [0.2, 0.25) is 0 Å². The van der Waals surface area contributed by atoms with Crippen LogP contribution in [0.15, 0.2) is 42.7 Å². The molecular formula is C16H16N4. The summed E-state index contributed by atoms with van der Waals surface area (Å²) in [6.07, 6.45) is 8.67. The van der Waals surface area contributed by atoms with Crippen LogP contribution in [0.25, 0.3) is 22.7 Å². The van der Waals surface area contributed by atoms with Gasteiger partial charge in [0, 0.05) is 18.4 Å². The predicted molar refractivity (Wildman–Crippen MR) is 78.3 cm³/mol. The molecule has 0 N–H and O–H groups in total. The number of aromatic nitrogens is 4. The Morgan fingerprint density at radius 1 is 0.950 bits per heavy atom. The highest BCUT2D eigenvalue weighted by Gasteiger charge is 2.24. The Balaban J connectivity index is 1.97. The first-order valence-electron chi connectivity index (χ1n) is 7.18. The molecule has 1 fully saturated rings. The first-order valence-corrected chi connectivity index (χ1v) is 7.18. The van der Waals surface area contributed by atoms with E-state index < -0.39 is 0 Å². The standard InChI is InChI=1S/C16H16N4/c1-2-7-12(6-1)20-15-14(9-5-11-18-15)19-16(20)13-8-3-4-10-17-13/h3-5,8-12H,1-2,6-7H2. The molecule has 0 radical (unpaired) electrons. The highest BCUT2D eigenvalue weighted by molar-refractivity contribution is 5.76. The molecule has 1 aliphatic carbocycles. The van der Waals surface area contributed by atoms with Gasteiger partial charge in [-0.25, -0.2) is 9.97 Å². The molecule has 3 aromatic heterocycles. The van der Waals surface area contributed by atoms with Gasteiger partial charge in [0.15, 0.2) is 11.5 Å². The number of nitrogens with zero attached hydrogens (tertiary/aromatic N) is 4. The lowest BCUT2D eigenvalue weighted by molar-refractivity contribution is 0.533. The predicted octanol–water partition coefficient (Wildman–Crippen LogP) is 3.61. The summed E-state index contributed by atoms with van der Waals surface area (Å²) in [5, 5.41) is 0. The summed E-state index contributed by atoms with van der Waals surface area (Å²) in [6.45, 7) is 0. The van der Waals surface area contributed by atoms with Gasteiger partial charge in [-0.3, -0.25) is 4.98 Å². The van der Waals surface area contributed by atoms with E-state index in [-0.39, 0.29) is 0 Å². The van der Waals surface area contributed by atoms with Gasteiger partial charge in [-0.2, -0.15) is 0 Å². The summed E-state index contributed by atoms with van der Waals surface area (Å²) in [6, 6.07) is 10.4. The topological polar surface area (TPSA) is 43.6 Å². The molecule has 0 amide bonds. The quantitative estimate of drug-likeness (QED) is 0.710. The van der Waals surface area contributed by atoms with Crippen LogP contribution in [0.1, 0.15) is 31.7 Å². The van der Waals surface area contributed by atoms with Gasteiger partial charge in [-0.15, -0.1) is 0 Å². The van der Waals surface area contributed by atoms with Crippen LogP contribution in [0, 0.1) is 0 Å². The van der Waals surface area contributed by atoms with Gasteiger partial charge in [0.05, 0.1) is 0 Å². The summed E-state index contributed by atoms with van der Waals surface area (Å²) in [5.41, 5.74) is 2.87. The molecule has 0 unspecified atom stereocenters. The molecule has 4 nitrogen and oxygen atoms in total. The fourth-order valence-corrected chi connectivity index (χ4v) is 3.11. The first-order chi connectivity index (χ1) is 9.93. The summed E-state index contributed by atoms with van der Waals surface area (Å²) < 4.78 is 2.30. The summed E-state index contributed by atoms with van der Waals surface area (Å²) in [4.78, 5) is 13.8. The Bertz CT molecular complexity index is 727. The van der Waals surface area contributed by atoms with Crippen LogP contribution in [0.2, 0.25) is 0 Å². The Hall–Kier alpha value is -2.23. The number of imidazole rings is 1. The summed E-state index contributed by atoms with van der Waals surface area (Å²) in [7, 11) is 0. The van der Waals surface area contributed by atoms with Crippen molar-refractivity contribution in [3.63, 3.8) is 0 Å². The minimum absolute atomic E-state index is 0.506. The average molecular weight is 264 g/mol. The van der Waals surface area contributed by atoms with Gasteiger partial charge in [-0.1, -0.05) is 18.9 Å². The monoisotopic (exact) mass is 264 g/mol. The number of rotatable bonds is 2. The third-order valence-corrected chi connectivity index (χ3v) is 4.03. The van der Waals surface area contributed by atoms with Gasteiger partial charge >= 0.3 is 0 Å². The largest absolute Gasteiger partial charge is 0.304 e. The molecule has 20 heavy (non-hydrogen) atoms. The SMILES string of the molecule is c1ccc(-c2nc3cccnc3n2C2CCCC2)nc1. The molecule has 0 atom stereocenters. The maximum Gasteiger partial charge on any atom is 0.161 e. The lowest BCUT2D eigenvalue weighted by Crippen LogP contribution is -2.07. The molecule has 4 heteroatoms. The number of hydrogen-bond acceptors (Lipinski definition) is 3. The third-order valence-electron chi connectivity index (χ3n) is 4.03. The van der Waals surface area contributed by atoms with E-state index >= 15 is 0 Å². The molecule has 3 aromatic rings. The fraction of sp³-hybridized carbons (Fsp3) is 0.312. The van der Waals surface area contributed by atoms with E-state index in [0.717, 1.165) is 22.7 Å². The molecule has 0 saturated heterocycles. The Labute approximate surface area is 117 Å². The van der Waals surface area contributed by atoms with Crippen molar-refractivity contribution in [3.05, 3.63) is 42.7 Å². The van der Waals surface area contributed by atoms with Crippen LogP contribution in [0.4, 0.5) is 0 Å². The van der Waals surface area contributed by atoms with Gasteiger partial charge in [0.1, 0.15) is 11.2 Å². The second-order valence-electron chi connectivity index (χ2n) is 5.30. The Morgan fingerprint density at radius 3 is 2.60 bits per heavy atom. The molecule has 1 saturated carbocycles. The highest BCUT2D eigenvalue weighted by atomic mass is 15.2. The molecule has 0 aromatic carbocycles. The van der Waals surface area contributed by atoms with E-state index in [4.69, 9.17) is 4.98 Å². The molecule has 1 aliphatic rings. The van der Waals surface area contributed by atoms with Gasteiger partial charge < -0.3 is 4.57 Å². The van der Waals surface area contributed by atoms with Crippen molar-refractivity contribution in [1.29, 1.82) is 0 Å². The van der Waals surface area contributed by atoms with Crippen molar-refractivity contribution in [2.75, 3.05) is 0 Å². The molecule has 3 heterocycles. The third kappa shape index (κ3) is 1.80. The molecule has 4 rings (SSSR count). The first kappa shape index (κ1) is 11.6. The second-order valence-corrected chi connectivity index (χ2v) is 5.30. The normalized spacial score (nSPS) is 16.0. The van der Waals surface area contributed by atoms with Crippen molar-refractivity contribution in [3.8, 4) is 11.5 Å². The van der Waals surface area contributed by atoms with Crippen LogP contribution < -0.4 is 0 Å². The molecule has 100 valence electrons. The molecule has 0 aliphatic heterocycles. The highest BCUT2D eigenvalue weighted by Crippen LogP contribution is 2.35. The lowest BCUT2D eigenvalue weighted by Gasteiger charge is -2.15. The van der Waals surface area contributed by atoms with E-state index in [0.29, 0.717) is 6.04 Å². The maximum absolute atomic E-state index is 4.77. The molecule has 0 bridgehead atoms. The number of pyridine rings is 2. The van der Waals surface area contributed by atoms with E-state index in [1.807, 2.05) is 42.7 Å². The number of fused-ring (bicyclic) bond motifs is 1. The Morgan fingerprint density at radius 2 is 1.80 bits per heavy atom. The fourth-order valence-electron chi connectivity index (χ4n) is 3.11. The molecule has 0 spiro atoms. The minimum Gasteiger partial charge on any atom is -0.304 e. The summed E-state index contributed by atoms with van der Waals surface area (Å²) >= 11 is 0.